The van der Waals surface area contributed by atoms with Gasteiger partial charge in [-0.05, 0) is 0 Å². The molecule has 1 N–H and O–H groups in total. The highest BCUT2D eigenvalue weighted by Crippen LogP contribution is 2.10. The summed E-state index contributed by atoms with van der Waals surface area (Å²) in [5.74, 6) is -0.240. The molecule has 0 aromatic carbocycles. The predicted octanol–water partition coefficient (Wildman–Crippen LogP) is -0.839. The number of nitrogens with zero attached hydrogens (tertiary/aromatic N) is 1. The fraction of sp³-hybridized carbons (Fsp3) is 0.800. The summed E-state index contributed by atoms with van der Waals surface area (Å²) < 4.78 is 10.2. The average molecular weight is 231 g/mol. The molecule has 6 nitrogen and oxygen atoms in total. The third-order valence-electron chi connectivity index (χ3n) is 2.22. The van der Waals surface area contributed by atoms with Crippen LogP contribution in [0.2, 0.25) is 0 Å². The van der Waals surface area contributed by atoms with Gasteiger partial charge in [-0.25, -0.2) is 0 Å². The first-order valence-electron chi connectivity index (χ1n) is 5.35. The standard InChI is InChI=1S/C10H17NO5/c12-4-6-16-8-7-15-5-3-11-9(13)1-2-10(11)14/h12H,1-8H2. The van der Waals surface area contributed by atoms with E-state index in [2.05, 4.69) is 0 Å². The van der Waals surface area contributed by atoms with Crippen molar-refractivity contribution < 1.29 is 24.2 Å². The van der Waals surface area contributed by atoms with Crippen LogP contribution in [-0.4, -0.2) is 61.4 Å². The molecule has 0 radical (unpaired) electrons. The lowest BCUT2D eigenvalue weighted by Crippen LogP contribution is -2.32. The molecule has 1 fully saturated rings. The van der Waals surface area contributed by atoms with Crippen LogP contribution in [0.5, 0.6) is 0 Å². The smallest absolute Gasteiger partial charge is 0.229 e. The predicted molar refractivity (Wildman–Crippen MR) is 54.7 cm³/mol. The molecule has 0 bridgehead atoms. The molecular weight excluding hydrogens is 214 g/mol. The molecular formula is C10H17NO5. The second kappa shape index (κ2) is 7.32. The highest BCUT2D eigenvalue weighted by Gasteiger charge is 2.27. The molecule has 92 valence electrons. The van der Waals surface area contributed by atoms with Crippen molar-refractivity contribution in [3.8, 4) is 0 Å². The zero-order valence-electron chi connectivity index (χ0n) is 9.18. The lowest BCUT2D eigenvalue weighted by Gasteiger charge is -2.13. The van der Waals surface area contributed by atoms with E-state index in [4.69, 9.17) is 14.6 Å². The summed E-state index contributed by atoms with van der Waals surface area (Å²) in [7, 11) is 0. The Morgan fingerprint density at radius 2 is 1.56 bits per heavy atom. The van der Waals surface area contributed by atoms with Crippen LogP contribution in [0.3, 0.4) is 0 Å². The second-order valence-corrected chi connectivity index (χ2v) is 3.39. The molecule has 1 aliphatic rings. The van der Waals surface area contributed by atoms with Gasteiger partial charge in [-0.1, -0.05) is 0 Å². The first kappa shape index (κ1) is 13.1. The van der Waals surface area contributed by atoms with E-state index in [1.165, 1.54) is 4.90 Å². The Balaban J connectivity index is 1.98. The largest absolute Gasteiger partial charge is 0.394 e. The quantitative estimate of drug-likeness (QED) is 0.435. The number of aliphatic hydroxyl groups is 1. The first-order chi connectivity index (χ1) is 7.75. The zero-order chi connectivity index (χ0) is 11.8. The van der Waals surface area contributed by atoms with Crippen molar-refractivity contribution in [3.63, 3.8) is 0 Å². The summed E-state index contributed by atoms with van der Waals surface area (Å²) in [5.41, 5.74) is 0. The van der Waals surface area contributed by atoms with E-state index in [1.807, 2.05) is 0 Å². The molecule has 2 amide bonds. The number of hydrogen-bond acceptors (Lipinski definition) is 5. The maximum absolute atomic E-state index is 11.2. The summed E-state index contributed by atoms with van der Waals surface area (Å²) in [4.78, 5) is 23.6. The van der Waals surface area contributed by atoms with Gasteiger partial charge in [0.15, 0.2) is 0 Å². The van der Waals surface area contributed by atoms with Crippen molar-refractivity contribution >= 4 is 11.8 Å². The lowest BCUT2D eigenvalue weighted by atomic mass is 10.4. The Labute approximate surface area is 94.1 Å². The number of imide groups is 1. The molecule has 0 spiro atoms. The van der Waals surface area contributed by atoms with Gasteiger partial charge in [-0.15, -0.1) is 0 Å². The average Bonchev–Trinajstić information content (AvgIpc) is 2.59. The van der Waals surface area contributed by atoms with Crippen LogP contribution in [0.25, 0.3) is 0 Å². The zero-order valence-corrected chi connectivity index (χ0v) is 9.18. The molecule has 0 unspecified atom stereocenters. The van der Waals surface area contributed by atoms with Crippen LogP contribution >= 0.6 is 0 Å². The third-order valence-corrected chi connectivity index (χ3v) is 2.22. The van der Waals surface area contributed by atoms with Gasteiger partial charge < -0.3 is 14.6 Å². The van der Waals surface area contributed by atoms with E-state index in [0.717, 1.165) is 0 Å². The molecule has 16 heavy (non-hydrogen) atoms. The number of carbonyl (C=O) groups excluding carboxylic acids is 2. The number of aliphatic hydroxyl groups excluding tert-OH is 1. The minimum atomic E-state index is -0.120. The van der Waals surface area contributed by atoms with E-state index < -0.39 is 0 Å². The van der Waals surface area contributed by atoms with Gasteiger partial charge in [0.2, 0.25) is 11.8 Å². The molecule has 1 heterocycles. The van der Waals surface area contributed by atoms with Gasteiger partial charge in [0.05, 0.1) is 39.6 Å². The van der Waals surface area contributed by atoms with Crippen LogP contribution < -0.4 is 0 Å². The third kappa shape index (κ3) is 4.26. The number of amides is 2. The van der Waals surface area contributed by atoms with Gasteiger partial charge >= 0.3 is 0 Å². The fourth-order valence-electron chi connectivity index (χ4n) is 1.41. The van der Waals surface area contributed by atoms with E-state index in [-0.39, 0.29) is 18.4 Å². The van der Waals surface area contributed by atoms with E-state index in [0.29, 0.717) is 45.8 Å². The van der Waals surface area contributed by atoms with E-state index >= 15 is 0 Å². The lowest BCUT2D eigenvalue weighted by molar-refractivity contribution is -0.139. The van der Waals surface area contributed by atoms with Crippen molar-refractivity contribution in [1.82, 2.24) is 4.90 Å². The number of likely N-dealkylation sites (tertiary alicyclic amines) is 1. The van der Waals surface area contributed by atoms with E-state index in [9.17, 15) is 9.59 Å². The Kier molecular flexibility index (Phi) is 5.99. The summed E-state index contributed by atoms with van der Waals surface area (Å²) in [6, 6.07) is 0. The van der Waals surface area contributed by atoms with E-state index in [1.54, 1.807) is 0 Å². The minimum Gasteiger partial charge on any atom is -0.394 e. The van der Waals surface area contributed by atoms with Gasteiger partial charge in [-0.2, -0.15) is 0 Å². The molecule has 1 aliphatic heterocycles. The number of carbonyl (C=O) groups is 2. The Morgan fingerprint density at radius 3 is 2.12 bits per heavy atom. The van der Waals surface area contributed by atoms with Crippen LogP contribution in [0.15, 0.2) is 0 Å². The highest BCUT2D eigenvalue weighted by molar-refractivity contribution is 6.01. The highest BCUT2D eigenvalue weighted by atomic mass is 16.5. The number of hydrogen-bond donors (Lipinski definition) is 1. The van der Waals surface area contributed by atoms with Crippen LogP contribution in [0.1, 0.15) is 12.8 Å². The minimum absolute atomic E-state index is 0.00319. The first-order valence-corrected chi connectivity index (χ1v) is 5.35. The molecule has 0 aromatic heterocycles. The van der Waals surface area contributed by atoms with Crippen LogP contribution in [0.4, 0.5) is 0 Å². The fourth-order valence-corrected chi connectivity index (χ4v) is 1.41. The topological polar surface area (TPSA) is 76.1 Å². The van der Waals surface area contributed by atoms with Crippen molar-refractivity contribution in [2.45, 2.75) is 12.8 Å². The summed E-state index contributed by atoms with van der Waals surface area (Å²) in [6.45, 7) is 1.75. The van der Waals surface area contributed by atoms with Crippen molar-refractivity contribution in [2.24, 2.45) is 0 Å². The number of rotatable bonds is 8. The maximum atomic E-state index is 11.2. The summed E-state index contributed by atoms with van der Waals surface area (Å²) in [6.07, 6.45) is 0.636. The second-order valence-electron chi connectivity index (χ2n) is 3.39. The summed E-state index contributed by atoms with van der Waals surface area (Å²) >= 11 is 0. The Hall–Kier alpha value is -0.980. The molecule has 6 heteroatoms. The number of ether oxygens (including phenoxy) is 2. The molecule has 0 saturated carbocycles. The normalized spacial score (nSPS) is 16.2. The monoisotopic (exact) mass is 231 g/mol. The van der Waals surface area contributed by atoms with Crippen molar-refractivity contribution in [3.05, 3.63) is 0 Å². The van der Waals surface area contributed by atoms with Crippen LogP contribution in [0, 0.1) is 0 Å². The SMILES string of the molecule is O=C1CCC(=O)N1CCOCCOCCO. The van der Waals surface area contributed by atoms with Gasteiger partial charge in [-0.3, -0.25) is 14.5 Å². The molecule has 1 saturated heterocycles. The Morgan fingerprint density at radius 1 is 1.00 bits per heavy atom. The van der Waals surface area contributed by atoms with Gasteiger partial charge in [0.1, 0.15) is 0 Å². The maximum Gasteiger partial charge on any atom is 0.229 e. The van der Waals surface area contributed by atoms with Gasteiger partial charge in [0.25, 0.3) is 0 Å². The van der Waals surface area contributed by atoms with Crippen molar-refractivity contribution in [2.75, 3.05) is 39.6 Å². The van der Waals surface area contributed by atoms with Crippen molar-refractivity contribution in [1.29, 1.82) is 0 Å². The Bertz CT molecular complexity index is 227. The van der Waals surface area contributed by atoms with Crippen LogP contribution in [-0.2, 0) is 19.1 Å². The molecule has 0 atom stereocenters. The van der Waals surface area contributed by atoms with Gasteiger partial charge in [0, 0.05) is 12.8 Å². The molecule has 1 rings (SSSR count). The molecule has 0 aliphatic carbocycles. The summed E-state index contributed by atoms with van der Waals surface area (Å²) in [5, 5.41) is 8.42. The molecule has 0 aromatic rings.